The highest BCUT2D eigenvalue weighted by molar-refractivity contribution is 7.14. The summed E-state index contributed by atoms with van der Waals surface area (Å²) < 4.78 is 0. The van der Waals surface area contributed by atoms with E-state index in [1.54, 1.807) is 0 Å². The van der Waals surface area contributed by atoms with Gasteiger partial charge in [-0.25, -0.2) is 0 Å². The van der Waals surface area contributed by atoms with Crippen molar-refractivity contribution in [1.82, 2.24) is 9.80 Å². The molecule has 0 aromatic carbocycles. The lowest BCUT2D eigenvalue weighted by molar-refractivity contribution is 0.0669. The number of piperazine rings is 1. The lowest BCUT2D eigenvalue weighted by Gasteiger charge is -2.32. The van der Waals surface area contributed by atoms with Crippen LogP contribution in [0.4, 0.5) is 0 Å². The van der Waals surface area contributed by atoms with Gasteiger partial charge in [-0.3, -0.25) is 4.79 Å². The summed E-state index contributed by atoms with van der Waals surface area (Å²) in [6.07, 6.45) is 0.471. The minimum Gasteiger partial charge on any atom is -0.395 e. The molecule has 0 aliphatic carbocycles. The fourth-order valence-corrected chi connectivity index (χ4v) is 3.09. The second-order valence-corrected chi connectivity index (χ2v) is 6.05. The van der Waals surface area contributed by atoms with Crippen LogP contribution in [0.5, 0.6) is 0 Å². The van der Waals surface area contributed by atoms with Gasteiger partial charge in [0.2, 0.25) is 0 Å². The van der Waals surface area contributed by atoms with Gasteiger partial charge in [-0.2, -0.15) is 0 Å². The molecule has 1 aromatic rings. The molecular formula is C15H20N2O2S. The van der Waals surface area contributed by atoms with Crippen molar-refractivity contribution in [1.29, 1.82) is 0 Å². The lowest BCUT2D eigenvalue weighted by Crippen LogP contribution is -2.46. The molecule has 0 unspecified atom stereocenters. The van der Waals surface area contributed by atoms with Crippen LogP contribution in [0.15, 0.2) is 6.07 Å². The van der Waals surface area contributed by atoms with Crippen molar-refractivity contribution in [2.45, 2.75) is 13.3 Å². The number of hydrogen-bond donors (Lipinski definition) is 1. The van der Waals surface area contributed by atoms with Gasteiger partial charge >= 0.3 is 0 Å². The molecule has 0 spiro atoms. The maximum absolute atomic E-state index is 12.4. The molecule has 4 nitrogen and oxygen atoms in total. The predicted octanol–water partition coefficient (Wildman–Crippen LogP) is 1.18. The van der Waals surface area contributed by atoms with Crippen LogP contribution in [0.25, 0.3) is 0 Å². The second kappa shape index (κ2) is 6.89. The first-order valence-electron chi connectivity index (χ1n) is 6.80. The Balaban J connectivity index is 2.08. The normalized spacial score (nSPS) is 15.8. The summed E-state index contributed by atoms with van der Waals surface area (Å²) in [5.74, 6) is 6.05. The van der Waals surface area contributed by atoms with Crippen molar-refractivity contribution < 1.29 is 9.90 Å². The summed E-state index contributed by atoms with van der Waals surface area (Å²) in [7, 11) is 2.08. The van der Waals surface area contributed by atoms with Crippen molar-refractivity contribution in [3.8, 4) is 11.8 Å². The summed E-state index contributed by atoms with van der Waals surface area (Å²) in [6, 6.07) is 1.92. The Morgan fingerprint density at radius 2 is 2.10 bits per heavy atom. The van der Waals surface area contributed by atoms with E-state index in [2.05, 4.69) is 23.8 Å². The first-order valence-corrected chi connectivity index (χ1v) is 7.61. The Labute approximate surface area is 124 Å². The molecule has 2 heterocycles. The van der Waals surface area contributed by atoms with Gasteiger partial charge < -0.3 is 14.9 Å². The highest BCUT2D eigenvalue weighted by atomic mass is 32.1. The van der Waals surface area contributed by atoms with E-state index in [1.165, 1.54) is 11.3 Å². The number of carbonyl (C=O) groups excluding carboxylic acids is 1. The van der Waals surface area contributed by atoms with Crippen molar-refractivity contribution in [2.75, 3.05) is 39.8 Å². The number of thiophene rings is 1. The van der Waals surface area contributed by atoms with Gasteiger partial charge in [-0.15, -0.1) is 11.3 Å². The number of nitrogens with zero attached hydrogens (tertiary/aromatic N) is 2. The van der Waals surface area contributed by atoms with Crippen molar-refractivity contribution >= 4 is 17.2 Å². The van der Waals surface area contributed by atoms with E-state index < -0.39 is 0 Å². The zero-order valence-electron chi connectivity index (χ0n) is 12.0. The standard InChI is InChI=1S/C15H20N2O2S/c1-12-11-14(20-13(12)5-3-4-10-18)15(19)17-8-6-16(2)7-9-17/h11,18H,4,6-10H2,1-2H3. The lowest BCUT2D eigenvalue weighted by atomic mass is 10.2. The Morgan fingerprint density at radius 3 is 2.75 bits per heavy atom. The zero-order chi connectivity index (χ0) is 14.5. The molecule has 0 bridgehead atoms. The van der Waals surface area contributed by atoms with Crippen LogP contribution < -0.4 is 0 Å². The Morgan fingerprint density at radius 1 is 1.40 bits per heavy atom. The highest BCUT2D eigenvalue weighted by Gasteiger charge is 2.22. The van der Waals surface area contributed by atoms with Crippen LogP contribution in [0.1, 0.15) is 26.5 Å². The van der Waals surface area contributed by atoms with Gasteiger partial charge in [-0.05, 0) is 25.6 Å². The van der Waals surface area contributed by atoms with Gasteiger partial charge in [0.15, 0.2) is 0 Å². The van der Waals surface area contributed by atoms with Gasteiger partial charge in [0, 0.05) is 32.6 Å². The highest BCUT2D eigenvalue weighted by Crippen LogP contribution is 2.23. The van der Waals surface area contributed by atoms with Gasteiger partial charge in [0.05, 0.1) is 16.4 Å². The van der Waals surface area contributed by atoms with Crippen molar-refractivity contribution in [3.05, 3.63) is 21.4 Å². The summed E-state index contributed by atoms with van der Waals surface area (Å²) in [5, 5.41) is 8.73. The fourth-order valence-electron chi connectivity index (χ4n) is 2.08. The minimum atomic E-state index is 0.0739. The third kappa shape index (κ3) is 3.60. The quantitative estimate of drug-likeness (QED) is 0.833. The Bertz CT molecular complexity index is 534. The average molecular weight is 292 g/mol. The van der Waals surface area contributed by atoms with E-state index in [-0.39, 0.29) is 12.5 Å². The van der Waals surface area contributed by atoms with Crippen LogP contribution in [0.2, 0.25) is 0 Å². The summed E-state index contributed by atoms with van der Waals surface area (Å²) in [6.45, 7) is 5.48. The third-order valence-electron chi connectivity index (χ3n) is 3.36. The summed E-state index contributed by atoms with van der Waals surface area (Å²) >= 11 is 1.45. The molecule has 1 aliphatic rings. The van der Waals surface area contributed by atoms with Crippen LogP contribution >= 0.6 is 11.3 Å². The minimum absolute atomic E-state index is 0.0739. The van der Waals surface area contributed by atoms with Crippen LogP contribution in [-0.4, -0.2) is 60.6 Å². The monoisotopic (exact) mass is 292 g/mol. The summed E-state index contributed by atoms with van der Waals surface area (Å²) in [4.78, 5) is 18.3. The molecule has 1 fully saturated rings. The Hall–Kier alpha value is -1.35. The second-order valence-electron chi connectivity index (χ2n) is 4.99. The molecule has 2 rings (SSSR count). The van der Waals surface area contributed by atoms with Crippen LogP contribution in [0.3, 0.4) is 0 Å². The number of aryl methyl sites for hydroxylation is 1. The first kappa shape index (κ1) is 15.0. The number of amides is 1. The van der Waals surface area contributed by atoms with Crippen LogP contribution in [-0.2, 0) is 0 Å². The molecule has 1 aromatic heterocycles. The van der Waals surface area contributed by atoms with Gasteiger partial charge in [-0.1, -0.05) is 11.8 Å². The molecule has 0 radical (unpaired) electrons. The number of aliphatic hydroxyl groups excluding tert-OH is 1. The summed E-state index contributed by atoms with van der Waals surface area (Å²) in [5.41, 5.74) is 1.04. The molecule has 5 heteroatoms. The molecule has 1 amide bonds. The van der Waals surface area contributed by atoms with Gasteiger partial charge in [0.25, 0.3) is 5.91 Å². The van der Waals surface area contributed by atoms with E-state index in [4.69, 9.17) is 5.11 Å². The largest absolute Gasteiger partial charge is 0.395 e. The molecule has 1 N–H and O–H groups in total. The maximum Gasteiger partial charge on any atom is 0.264 e. The first-order chi connectivity index (χ1) is 9.61. The SMILES string of the molecule is Cc1cc(C(=O)N2CCN(C)CC2)sc1C#CCCO. The zero-order valence-corrected chi connectivity index (χ0v) is 12.8. The van der Waals surface area contributed by atoms with Gasteiger partial charge in [0.1, 0.15) is 0 Å². The van der Waals surface area contributed by atoms with E-state index in [1.807, 2.05) is 17.9 Å². The molecule has 0 atom stereocenters. The smallest absolute Gasteiger partial charge is 0.264 e. The molecule has 20 heavy (non-hydrogen) atoms. The number of aliphatic hydroxyl groups is 1. The predicted molar refractivity (Wildman–Crippen MR) is 81.0 cm³/mol. The Kier molecular flexibility index (Phi) is 5.18. The maximum atomic E-state index is 12.4. The van der Waals surface area contributed by atoms with Crippen molar-refractivity contribution in [3.63, 3.8) is 0 Å². The van der Waals surface area contributed by atoms with E-state index >= 15 is 0 Å². The fraction of sp³-hybridized carbons (Fsp3) is 0.533. The topological polar surface area (TPSA) is 43.8 Å². The average Bonchev–Trinajstić information content (AvgIpc) is 2.81. The van der Waals surface area contributed by atoms with E-state index in [9.17, 15) is 4.79 Å². The number of rotatable bonds is 2. The molecule has 108 valence electrons. The third-order valence-corrected chi connectivity index (χ3v) is 4.50. The van der Waals surface area contributed by atoms with E-state index in [0.29, 0.717) is 6.42 Å². The van der Waals surface area contributed by atoms with E-state index in [0.717, 1.165) is 41.5 Å². The van der Waals surface area contributed by atoms with Crippen molar-refractivity contribution in [2.24, 2.45) is 0 Å². The number of carbonyl (C=O) groups is 1. The van der Waals surface area contributed by atoms with Crippen LogP contribution in [0, 0.1) is 18.8 Å². The molecular weight excluding hydrogens is 272 g/mol. The molecule has 1 saturated heterocycles. The number of hydrogen-bond acceptors (Lipinski definition) is 4. The molecule has 0 saturated carbocycles. The molecule has 1 aliphatic heterocycles. The number of likely N-dealkylation sites (N-methyl/N-ethyl adjacent to an activating group) is 1.